The molecule has 4 aromatic rings. The first-order valence-electron chi connectivity index (χ1n) is 9.24. The molecule has 0 aliphatic rings. The summed E-state index contributed by atoms with van der Waals surface area (Å²) in [5.41, 5.74) is 4.71. The van der Waals surface area contributed by atoms with Gasteiger partial charge in [-0.05, 0) is 53.6 Å². The van der Waals surface area contributed by atoms with E-state index in [0.717, 1.165) is 39.8 Å². The van der Waals surface area contributed by atoms with E-state index in [4.69, 9.17) is 4.74 Å². The first kappa shape index (κ1) is 18.4. The highest BCUT2D eigenvalue weighted by molar-refractivity contribution is 5.69. The zero-order valence-corrected chi connectivity index (χ0v) is 16.0. The molecule has 0 unspecified atom stereocenters. The molecule has 29 heavy (non-hydrogen) atoms. The number of azo groups is 1. The summed E-state index contributed by atoms with van der Waals surface area (Å²) in [7, 11) is 1.66. The predicted molar refractivity (Wildman–Crippen MR) is 117 cm³/mol. The van der Waals surface area contributed by atoms with Crippen LogP contribution >= 0.6 is 0 Å². The molecule has 0 radical (unpaired) electrons. The zero-order valence-electron chi connectivity index (χ0n) is 16.0. The van der Waals surface area contributed by atoms with Gasteiger partial charge in [0.15, 0.2) is 0 Å². The van der Waals surface area contributed by atoms with Crippen molar-refractivity contribution in [3.05, 3.63) is 96.4 Å². The molecule has 4 rings (SSSR count). The topological polar surface area (TPSA) is 62.6 Å². The number of aromatic nitrogens is 2. The van der Waals surface area contributed by atoms with Crippen molar-refractivity contribution in [1.82, 2.24) is 9.97 Å². The van der Waals surface area contributed by atoms with Gasteiger partial charge in [0.25, 0.3) is 0 Å². The van der Waals surface area contributed by atoms with Crippen molar-refractivity contribution in [3.63, 3.8) is 0 Å². The number of nitrogens with zero attached hydrogens (tertiary/aromatic N) is 3. The second-order valence-electron chi connectivity index (χ2n) is 6.37. The van der Waals surface area contributed by atoms with Crippen LogP contribution in [-0.2, 0) is 0 Å². The van der Waals surface area contributed by atoms with Gasteiger partial charge in [-0.15, -0.1) is 0 Å². The summed E-state index contributed by atoms with van der Waals surface area (Å²) < 4.78 is 5.18. The molecule has 5 heteroatoms. The molecule has 3 aromatic carbocycles. The smallest absolute Gasteiger partial charge is 0.130 e. The number of benzene rings is 3. The van der Waals surface area contributed by atoms with Crippen molar-refractivity contribution >= 4 is 23.5 Å². The van der Waals surface area contributed by atoms with Crippen LogP contribution < -0.4 is 4.74 Å². The molecule has 5 nitrogen and oxygen atoms in total. The van der Waals surface area contributed by atoms with Crippen LogP contribution in [0.3, 0.4) is 0 Å². The minimum absolute atomic E-state index is 0.795. The average molecular weight is 380 g/mol. The van der Waals surface area contributed by atoms with Gasteiger partial charge < -0.3 is 9.72 Å². The summed E-state index contributed by atoms with van der Waals surface area (Å²) in [6.07, 6.45) is 5.79. The van der Waals surface area contributed by atoms with Crippen molar-refractivity contribution in [2.45, 2.75) is 0 Å². The molecule has 0 saturated carbocycles. The standard InChI is InChI=1S/C24H20N4O/c1-29-22-14-7-18(8-15-22)9-16-24-25-17-23(26-24)19-10-12-21(13-11-19)28-27-20-5-3-2-4-6-20/h2-17H,1H3,(H,25,26). The van der Waals surface area contributed by atoms with Crippen LogP contribution in [0.15, 0.2) is 95.3 Å². The number of rotatable bonds is 6. The van der Waals surface area contributed by atoms with Gasteiger partial charge in [0.1, 0.15) is 11.6 Å². The van der Waals surface area contributed by atoms with Gasteiger partial charge in [-0.3, -0.25) is 0 Å². The molecular weight excluding hydrogens is 360 g/mol. The van der Waals surface area contributed by atoms with Crippen LogP contribution in [0.25, 0.3) is 23.4 Å². The largest absolute Gasteiger partial charge is 0.497 e. The van der Waals surface area contributed by atoms with Crippen molar-refractivity contribution in [2.75, 3.05) is 7.11 Å². The Labute approximate surface area is 169 Å². The summed E-state index contributed by atoms with van der Waals surface area (Å²) in [4.78, 5) is 7.75. The summed E-state index contributed by atoms with van der Waals surface area (Å²) in [6.45, 7) is 0. The fraction of sp³-hybridized carbons (Fsp3) is 0.0417. The molecule has 1 heterocycles. The highest BCUT2D eigenvalue weighted by Gasteiger charge is 2.02. The molecule has 0 amide bonds. The summed E-state index contributed by atoms with van der Waals surface area (Å²) >= 11 is 0. The maximum absolute atomic E-state index is 5.18. The summed E-state index contributed by atoms with van der Waals surface area (Å²) in [5, 5.41) is 8.51. The number of hydrogen-bond donors (Lipinski definition) is 1. The van der Waals surface area contributed by atoms with E-state index in [-0.39, 0.29) is 0 Å². The number of H-pyrrole nitrogens is 1. The third kappa shape index (κ3) is 4.84. The highest BCUT2D eigenvalue weighted by Crippen LogP contribution is 2.23. The molecule has 1 aromatic heterocycles. The van der Waals surface area contributed by atoms with E-state index in [2.05, 4.69) is 20.2 Å². The molecule has 142 valence electrons. The van der Waals surface area contributed by atoms with Gasteiger partial charge in [-0.25, -0.2) is 4.98 Å². The van der Waals surface area contributed by atoms with Crippen LogP contribution in [0.1, 0.15) is 11.4 Å². The fourth-order valence-electron chi connectivity index (χ4n) is 2.78. The van der Waals surface area contributed by atoms with Gasteiger partial charge in [0.2, 0.25) is 0 Å². The minimum Gasteiger partial charge on any atom is -0.497 e. The van der Waals surface area contributed by atoms with Crippen LogP contribution in [-0.4, -0.2) is 17.1 Å². The van der Waals surface area contributed by atoms with E-state index < -0.39 is 0 Å². The highest BCUT2D eigenvalue weighted by atomic mass is 16.5. The van der Waals surface area contributed by atoms with E-state index in [1.54, 1.807) is 7.11 Å². The quantitative estimate of drug-likeness (QED) is 0.380. The Morgan fingerprint density at radius 1 is 0.793 bits per heavy atom. The summed E-state index contributed by atoms with van der Waals surface area (Å²) in [5.74, 6) is 1.64. The lowest BCUT2D eigenvalue weighted by Gasteiger charge is -1.99. The lowest BCUT2D eigenvalue weighted by molar-refractivity contribution is 0.415. The van der Waals surface area contributed by atoms with Crippen LogP contribution in [0.4, 0.5) is 11.4 Å². The lowest BCUT2D eigenvalue weighted by Crippen LogP contribution is -1.81. The Morgan fingerprint density at radius 3 is 2.17 bits per heavy atom. The molecular formula is C24H20N4O. The molecule has 0 atom stereocenters. The maximum Gasteiger partial charge on any atom is 0.130 e. The second-order valence-corrected chi connectivity index (χ2v) is 6.37. The van der Waals surface area contributed by atoms with E-state index in [0.29, 0.717) is 0 Å². The van der Waals surface area contributed by atoms with Gasteiger partial charge in [-0.1, -0.05) is 48.5 Å². The Kier molecular flexibility index (Phi) is 5.58. The first-order valence-corrected chi connectivity index (χ1v) is 9.24. The second kappa shape index (κ2) is 8.80. The Bertz CT molecular complexity index is 1110. The number of aromatic amines is 1. The van der Waals surface area contributed by atoms with Crippen molar-refractivity contribution in [1.29, 1.82) is 0 Å². The summed E-state index contributed by atoms with van der Waals surface area (Å²) in [6, 6.07) is 25.4. The van der Waals surface area contributed by atoms with E-state index in [1.165, 1.54) is 0 Å². The first-order chi connectivity index (χ1) is 14.3. The van der Waals surface area contributed by atoms with Gasteiger partial charge in [-0.2, -0.15) is 10.2 Å². The van der Waals surface area contributed by atoms with Gasteiger partial charge >= 0.3 is 0 Å². The minimum atomic E-state index is 0.795. The van der Waals surface area contributed by atoms with E-state index >= 15 is 0 Å². The normalized spacial score (nSPS) is 11.3. The lowest BCUT2D eigenvalue weighted by atomic mass is 10.1. The molecule has 0 bridgehead atoms. The predicted octanol–water partition coefficient (Wildman–Crippen LogP) is 6.67. The number of methoxy groups -OCH3 is 1. The molecule has 0 saturated heterocycles. The Morgan fingerprint density at radius 2 is 1.48 bits per heavy atom. The number of hydrogen-bond acceptors (Lipinski definition) is 4. The molecule has 0 spiro atoms. The third-order valence-corrected chi connectivity index (χ3v) is 4.36. The number of imidazole rings is 1. The van der Waals surface area contributed by atoms with Crippen LogP contribution in [0, 0.1) is 0 Å². The van der Waals surface area contributed by atoms with Crippen LogP contribution in [0.2, 0.25) is 0 Å². The molecule has 1 N–H and O–H groups in total. The molecule has 0 fully saturated rings. The average Bonchev–Trinajstić information content (AvgIpc) is 3.27. The number of nitrogens with one attached hydrogen (secondary N) is 1. The van der Waals surface area contributed by atoms with Crippen LogP contribution in [0.5, 0.6) is 5.75 Å². The van der Waals surface area contributed by atoms with Gasteiger partial charge in [0.05, 0.1) is 30.4 Å². The van der Waals surface area contributed by atoms with E-state index in [1.807, 2.05) is 97.2 Å². The van der Waals surface area contributed by atoms with Crippen molar-refractivity contribution in [3.8, 4) is 17.0 Å². The SMILES string of the molecule is COc1ccc(C=Cc2ncc(-c3ccc(N=Nc4ccccc4)cc3)[nH]2)cc1. The van der Waals surface area contributed by atoms with Gasteiger partial charge in [0, 0.05) is 0 Å². The van der Waals surface area contributed by atoms with Crippen molar-refractivity contribution in [2.24, 2.45) is 10.2 Å². The van der Waals surface area contributed by atoms with E-state index in [9.17, 15) is 0 Å². The Hall–Kier alpha value is -3.99. The Balaban J connectivity index is 1.43. The zero-order chi connectivity index (χ0) is 19.9. The van der Waals surface area contributed by atoms with Crippen molar-refractivity contribution < 1.29 is 4.74 Å². The third-order valence-electron chi connectivity index (χ3n) is 4.36. The molecule has 0 aliphatic carbocycles. The number of ether oxygens (including phenoxy) is 1. The molecule has 0 aliphatic heterocycles. The maximum atomic E-state index is 5.18. The fourth-order valence-corrected chi connectivity index (χ4v) is 2.78. The monoisotopic (exact) mass is 380 g/mol.